The molecule has 0 bridgehead atoms. The zero-order chi connectivity index (χ0) is 24.1. The van der Waals surface area contributed by atoms with Gasteiger partial charge in [0.15, 0.2) is 0 Å². The Morgan fingerprint density at radius 3 is 2.26 bits per heavy atom. The second kappa shape index (κ2) is 8.26. The number of ether oxygens (including phenoxy) is 2. The Balaban J connectivity index is 1.74. The van der Waals surface area contributed by atoms with Crippen LogP contribution in [0.4, 0.5) is 0 Å². The van der Waals surface area contributed by atoms with Crippen LogP contribution in [0.2, 0.25) is 0 Å². The summed E-state index contributed by atoms with van der Waals surface area (Å²) in [5.41, 5.74) is -0.647. The van der Waals surface area contributed by atoms with Gasteiger partial charge in [0, 0.05) is 34.5 Å². The van der Waals surface area contributed by atoms with Gasteiger partial charge in [0.1, 0.15) is 41.0 Å². The molecule has 0 spiro atoms. The molecule has 176 valence electrons. The number of aromatic hydroxyl groups is 1. The third kappa shape index (κ3) is 3.72. The molecule has 1 fully saturated rings. The van der Waals surface area contributed by atoms with Crippen molar-refractivity contribution in [1.82, 2.24) is 0 Å². The molecule has 0 unspecified atom stereocenters. The highest BCUT2D eigenvalue weighted by Gasteiger charge is 2.43. The molecule has 3 heterocycles. The Hall–Kier alpha value is -3.70. The molecule has 0 amide bonds. The summed E-state index contributed by atoms with van der Waals surface area (Å²) in [7, 11) is 0. The molecule has 0 radical (unpaired) electrons. The van der Waals surface area contributed by atoms with E-state index in [1.807, 2.05) is 0 Å². The SMILES string of the molecule is C[C@@H]1O[C@@H](Oc2cc3oc(=O)ccc3cc2-c2c(O)ccc3ccc(=O)oc23)[C@H](O)[C@H](O)[C@H]1O. The summed E-state index contributed by atoms with van der Waals surface area (Å²) >= 11 is 0. The number of phenolic OH excluding ortho intramolecular Hbond substituents is 1. The third-order valence-corrected chi connectivity index (χ3v) is 5.81. The van der Waals surface area contributed by atoms with Crippen LogP contribution in [-0.4, -0.2) is 51.1 Å². The van der Waals surface area contributed by atoms with Gasteiger partial charge in [-0.3, -0.25) is 0 Å². The van der Waals surface area contributed by atoms with Crippen LogP contribution in [-0.2, 0) is 4.74 Å². The van der Waals surface area contributed by atoms with Crippen LogP contribution in [0.25, 0.3) is 33.1 Å². The number of fused-ring (bicyclic) bond motifs is 2. The van der Waals surface area contributed by atoms with Crippen molar-refractivity contribution in [2.75, 3.05) is 0 Å². The van der Waals surface area contributed by atoms with Gasteiger partial charge >= 0.3 is 11.3 Å². The van der Waals surface area contributed by atoms with Gasteiger partial charge in [-0.15, -0.1) is 0 Å². The molecule has 2 aromatic heterocycles. The van der Waals surface area contributed by atoms with Crippen molar-refractivity contribution in [3.63, 3.8) is 0 Å². The summed E-state index contributed by atoms with van der Waals surface area (Å²) in [5.74, 6) is -0.228. The molecule has 4 N–H and O–H groups in total. The first-order valence-corrected chi connectivity index (χ1v) is 10.4. The van der Waals surface area contributed by atoms with E-state index in [4.69, 9.17) is 18.3 Å². The number of rotatable bonds is 3. The zero-order valence-corrected chi connectivity index (χ0v) is 17.7. The molecule has 2 aromatic carbocycles. The molecule has 10 heteroatoms. The summed E-state index contributed by atoms with van der Waals surface area (Å²) in [6.45, 7) is 1.50. The van der Waals surface area contributed by atoms with E-state index >= 15 is 0 Å². The predicted molar refractivity (Wildman–Crippen MR) is 119 cm³/mol. The molecule has 5 rings (SSSR count). The monoisotopic (exact) mass is 468 g/mol. The molecule has 34 heavy (non-hydrogen) atoms. The Morgan fingerprint density at radius 2 is 1.50 bits per heavy atom. The maximum absolute atomic E-state index is 11.9. The van der Waals surface area contributed by atoms with Crippen LogP contribution >= 0.6 is 0 Å². The van der Waals surface area contributed by atoms with Gasteiger partial charge in [-0.2, -0.15) is 0 Å². The predicted octanol–water partition coefficient (Wildman–Crippen LogP) is 1.48. The van der Waals surface area contributed by atoms with Crippen molar-refractivity contribution in [3.8, 4) is 22.6 Å². The van der Waals surface area contributed by atoms with Crippen molar-refractivity contribution in [1.29, 1.82) is 0 Å². The molecule has 0 aliphatic carbocycles. The fraction of sp³-hybridized carbons (Fsp3) is 0.250. The van der Waals surface area contributed by atoms with Gasteiger partial charge in [-0.05, 0) is 37.3 Å². The van der Waals surface area contributed by atoms with Crippen LogP contribution < -0.4 is 16.0 Å². The number of aliphatic hydroxyl groups excluding tert-OH is 3. The highest BCUT2D eigenvalue weighted by atomic mass is 16.7. The van der Waals surface area contributed by atoms with Crippen molar-refractivity contribution >= 4 is 21.9 Å². The minimum atomic E-state index is -1.61. The molecule has 10 nitrogen and oxygen atoms in total. The second-order valence-corrected chi connectivity index (χ2v) is 8.07. The lowest BCUT2D eigenvalue weighted by molar-refractivity contribution is -0.268. The zero-order valence-electron chi connectivity index (χ0n) is 17.7. The van der Waals surface area contributed by atoms with Gasteiger partial charge < -0.3 is 38.7 Å². The lowest BCUT2D eigenvalue weighted by atomic mass is 9.98. The molecule has 5 atom stereocenters. The van der Waals surface area contributed by atoms with Crippen LogP contribution in [0.5, 0.6) is 11.5 Å². The quantitative estimate of drug-likeness (QED) is 0.324. The maximum Gasteiger partial charge on any atom is 0.336 e. The molecule has 0 saturated carbocycles. The smallest absolute Gasteiger partial charge is 0.336 e. The minimum absolute atomic E-state index is 0.00371. The van der Waals surface area contributed by atoms with Gasteiger partial charge in [0.2, 0.25) is 6.29 Å². The Bertz CT molecular complexity index is 1500. The number of benzene rings is 2. The summed E-state index contributed by atoms with van der Waals surface area (Å²) in [6, 6.07) is 11.4. The fourth-order valence-electron chi connectivity index (χ4n) is 4.01. The lowest BCUT2D eigenvalue weighted by Gasteiger charge is -2.39. The number of hydrogen-bond acceptors (Lipinski definition) is 10. The van der Waals surface area contributed by atoms with Crippen molar-refractivity contribution < 1.29 is 38.7 Å². The number of aliphatic hydroxyl groups is 3. The van der Waals surface area contributed by atoms with E-state index in [1.165, 1.54) is 43.3 Å². The highest BCUT2D eigenvalue weighted by molar-refractivity contribution is 5.99. The van der Waals surface area contributed by atoms with E-state index in [9.17, 15) is 30.0 Å². The summed E-state index contributed by atoms with van der Waals surface area (Å²) < 4.78 is 22.0. The Labute approximate surface area is 190 Å². The molecule has 1 saturated heterocycles. The van der Waals surface area contributed by atoms with Crippen LogP contribution in [0.1, 0.15) is 6.92 Å². The van der Waals surface area contributed by atoms with Crippen LogP contribution in [0.3, 0.4) is 0 Å². The largest absolute Gasteiger partial charge is 0.507 e. The molecule has 4 aromatic rings. The molecular formula is C24H20O10. The topological polar surface area (TPSA) is 160 Å². The van der Waals surface area contributed by atoms with E-state index in [0.717, 1.165) is 0 Å². The van der Waals surface area contributed by atoms with Crippen molar-refractivity contribution in [2.45, 2.75) is 37.6 Å². The van der Waals surface area contributed by atoms with E-state index in [1.54, 1.807) is 12.1 Å². The standard InChI is InChI=1S/C24H20O10/c1-10-20(28)21(29)22(30)24(31-10)33-16-9-15-12(4-7-17(26)32-15)8-13(16)19-14(25)5-2-11-3-6-18(27)34-23(11)19/h2-10,20-22,24-25,28-30H,1H3/t10-,20-,21+,22+,24-/m0/s1. The minimum Gasteiger partial charge on any atom is -0.507 e. The lowest BCUT2D eigenvalue weighted by Crippen LogP contribution is -2.58. The first-order valence-electron chi connectivity index (χ1n) is 10.4. The normalized spacial score (nSPS) is 25.0. The average Bonchev–Trinajstić information content (AvgIpc) is 2.81. The number of hydrogen-bond donors (Lipinski definition) is 4. The molecule has 1 aliphatic heterocycles. The molecular weight excluding hydrogens is 448 g/mol. The van der Waals surface area contributed by atoms with E-state index in [0.29, 0.717) is 10.8 Å². The van der Waals surface area contributed by atoms with E-state index in [2.05, 4.69) is 0 Å². The van der Waals surface area contributed by atoms with E-state index < -0.39 is 42.0 Å². The van der Waals surface area contributed by atoms with Crippen molar-refractivity contribution in [3.05, 3.63) is 69.4 Å². The first-order chi connectivity index (χ1) is 16.2. The van der Waals surface area contributed by atoms with Crippen LogP contribution in [0, 0.1) is 0 Å². The Kier molecular flexibility index (Phi) is 5.37. The summed E-state index contributed by atoms with van der Waals surface area (Å²) in [6.07, 6.45) is -6.77. The number of phenols is 1. The second-order valence-electron chi connectivity index (χ2n) is 8.07. The average molecular weight is 468 g/mol. The van der Waals surface area contributed by atoms with Gasteiger partial charge in [0.05, 0.1) is 11.7 Å². The Morgan fingerprint density at radius 1 is 0.824 bits per heavy atom. The first kappa shape index (κ1) is 22.1. The highest BCUT2D eigenvalue weighted by Crippen LogP contribution is 2.43. The molecule has 1 aliphatic rings. The van der Waals surface area contributed by atoms with Crippen molar-refractivity contribution in [2.24, 2.45) is 0 Å². The maximum atomic E-state index is 11.9. The fourth-order valence-corrected chi connectivity index (χ4v) is 4.01. The van der Waals surface area contributed by atoms with Gasteiger partial charge in [0.25, 0.3) is 0 Å². The van der Waals surface area contributed by atoms with E-state index in [-0.39, 0.29) is 33.8 Å². The van der Waals surface area contributed by atoms with Gasteiger partial charge in [-0.1, -0.05) is 0 Å². The van der Waals surface area contributed by atoms with Crippen LogP contribution in [0.15, 0.2) is 67.0 Å². The van der Waals surface area contributed by atoms with Gasteiger partial charge in [-0.25, -0.2) is 9.59 Å². The summed E-state index contributed by atoms with van der Waals surface area (Å²) in [5, 5.41) is 42.3. The third-order valence-electron chi connectivity index (χ3n) is 5.81. The summed E-state index contributed by atoms with van der Waals surface area (Å²) in [4.78, 5) is 23.7.